The molecule has 0 fully saturated rings. The van der Waals surface area contributed by atoms with Gasteiger partial charge < -0.3 is 10.4 Å². The molecule has 1 aliphatic carbocycles. The largest absolute Gasteiger partial charge is 0.392 e. The molecule has 26 heavy (non-hydrogen) atoms. The predicted octanol–water partition coefficient (Wildman–Crippen LogP) is 2.81. The monoisotopic (exact) mass is 348 g/mol. The first-order valence-electron chi connectivity index (χ1n) is 8.70. The van der Waals surface area contributed by atoms with Gasteiger partial charge in [-0.15, -0.1) is 0 Å². The lowest BCUT2D eigenvalue weighted by molar-refractivity contribution is 0.102. The SMILES string of the molecule is Cc1ccc(-n2nc(C(=O)Nc3cnccc3CO)c3c2CCC3)cc1. The number of nitrogens with zero attached hydrogens (tertiary/aromatic N) is 3. The van der Waals surface area contributed by atoms with Crippen LogP contribution in [-0.4, -0.2) is 25.8 Å². The molecule has 6 nitrogen and oxygen atoms in total. The number of carbonyl (C=O) groups excluding carboxylic acids is 1. The van der Waals surface area contributed by atoms with Crippen molar-refractivity contribution in [2.24, 2.45) is 0 Å². The van der Waals surface area contributed by atoms with Gasteiger partial charge in [-0.2, -0.15) is 5.10 Å². The maximum atomic E-state index is 12.8. The Morgan fingerprint density at radius 2 is 2.04 bits per heavy atom. The van der Waals surface area contributed by atoms with Crippen LogP contribution in [-0.2, 0) is 19.4 Å². The first-order valence-corrected chi connectivity index (χ1v) is 8.70. The van der Waals surface area contributed by atoms with Crippen LogP contribution in [0.25, 0.3) is 5.69 Å². The van der Waals surface area contributed by atoms with Gasteiger partial charge in [-0.3, -0.25) is 9.78 Å². The van der Waals surface area contributed by atoms with Crippen LogP contribution >= 0.6 is 0 Å². The van der Waals surface area contributed by atoms with Crippen LogP contribution in [0.1, 0.15) is 39.3 Å². The number of benzene rings is 1. The van der Waals surface area contributed by atoms with Crippen molar-refractivity contribution in [2.45, 2.75) is 32.8 Å². The molecule has 1 amide bonds. The Bertz CT molecular complexity index is 960. The van der Waals surface area contributed by atoms with Gasteiger partial charge in [-0.05, 0) is 44.4 Å². The van der Waals surface area contributed by atoms with Crippen LogP contribution in [0.3, 0.4) is 0 Å². The Kier molecular flexibility index (Phi) is 4.26. The molecule has 0 aliphatic heterocycles. The number of hydrogen-bond donors (Lipinski definition) is 2. The quantitative estimate of drug-likeness (QED) is 0.760. The number of amides is 1. The predicted molar refractivity (Wildman–Crippen MR) is 98.4 cm³/mol. The summed E-state index contributed by atoms with van der Waals surface area (Å²) in [6.45, 7) is 1.89. The molecule has 0 spiro atoms. The van der Waals surface area contributed by atoms with Gasteiger partial charge in [0.25, 0.3) is 5.91 Å². The molecular formula is C20H20N4O2. The molecule has 0 bridgehead atoms. The second kappa shape index (κ2) is 6.72. The molecule has 2 N–H and O–H groups in total. The third-order valence-electron chi connectivity index (χ3n) is 4.75. The Labute approximate surface area is 151 Å². The number of aliphatic hydroxyl groups excluding tert-OH is 1. The average molecular weight is 348 g/mol. The fourth-order valence-electron chi connectivity index (χ4n) is 3.37. The van der Waals surface area contributed by atoms with E-state index in [2.05, 4.69) is 15.4 Å². The number of carbonyl (C=O) groups is 1. The summed E-state index contributed by atoms with van der Waals surface area (Å²) < 4.78 is 1.88. The van der Waals surface area contributed by atoms with Crippen LogP contribution in [0.15, 0.2) is 42.7 Å². The first kappa shape index (κ1) is 16.5. The topological polar surface area (TPSA) is 80.0 Å². The maximum absolute atomic E-state index is 12.8. The molecule has 132 valence electrons. The van der Waals surface area contributed by atoms with E-state index in [-0.39, 0.29) is 12.5 Å². The molecule has 4 rings (SSSR count). The maximum Gasteiger partial charge on any atom is 0.276 e. The van der Waals surface area contributed by atoms with Gasteiger partial charge in [-0.25, -0.2) is 4.68 Å². The summed E-state index contributed by atoms with van der Waals surface area (Å²) in [6, 6.07) is 9.81. The van der Waals surface area contributed by atoms with E-state index in [0.717, 1.165) is 36.2 Å². The second-order valence-electron chi connectivity index (χ2n) is 6.52. The second-order valence-corrected chi connectivity index (χ2v) is 6.52. The first-order chi connectivity index (χ1) is 12.7. The fourth-order valence-corrected chi connectivity index (χ4v) is 3.37. The van der Waals surface area contributed by atoms with Crippen LogP contribution in [0.2, 0.25) is 0 Å². The van der Waals surface area contributed by atoms with E-state index < -0.39 is 0 Å². The molecule has 0 unspecified atom stereocenters. The highest BCUT2D eigenvalue weighted by Gasteiger charge is 2.27. The number of nitrogens with one attached hydrogen (secondary N) is 1. The minimum Gasteiger partial charge on any atom is -0.392 e. The lowest BCUT2D eigenvalue weighted by Gasteiger charge is -2.08. The van der Waals surface area contributed by atoms with Crippen molar-refractivity contribution in [3.8, 4) is 5.69 Å². The minimum absolute atomic E-state index is 0.159. The van der Waals surface area contributed by atoms with Crippen LogP contribution in [0.4, 0.5) is 5.69 Å². The molecule has 6 heteroatoms. The minimum atomic E-state index is -0.267. The highest BCUT2D eigenvalue weighted by molar-refractivity contribution is 6.04. The van der Waals surface area contributed by atoms with Gasteiger partial charge in [0.1, 0.15) is 0 Å². The summed E-state index contributed by atoms with van der Waals surface area (Å²) in [6.07, 6.45) is 5.92. The molecule has 1 aliphatic rings. The zero-order valence-corrected chi connectivity index (χ0v) is 14.6. The summed E-state index contributed by atoms with van der Waals surface area (Å²) in [5.41, 5.74) is 5.85. The summed E-state index contributed by atoms with van der Waals surface area (Å²) in [5.74, 6) is -0.267. The van der Waals surface area contributed by atoms with E-state index in [1.54, 1.807) is 18.5 Å². The normalized spacial score (nSPS) is 12.8. The van der Waals surface area contributed by atoms with Crippen molar-refractivity contribution >= 4 is 11.6 Å². The van der Waals surface area contributed by atoms with Crippen molar-refractivity contribution in [1.29, 1.82) is 0 Å². The van der Waals surface area contributed by atoms with E-state index in [1.165, 1.54) is 5.56 Å². The van der Waals surface area contributed by atoms with Crippen molar-refractivity contribution in [1.82, 2.24) is 14.8 Å². The zero-order chi connectivity index (χ0) is 18.1. The molecule has 1 aromatic carbocycles. The highest BCUT2D eigenvalue weighted by atomic mass is 16.3. The molecule has 2 heterocycles. The molecule has 0 saturated carbocycles. The fraction of sp³-hybridized carbons (Fsp3) is 0.250. The van der Waals surface area contributed by atoms with Gasteiger partial charge in [-0.1, -0.05) is 17.7 Å². The van der Waals surface area contributed by atoms with E-state index in [4.69, 9.17) is 0 Å². The van der Waals surface area contributed by atoms with Gasteiger partial charge in [0.05, 0.1) is 24.2 Å². The smallest absolute Gasteiger partial charge is 0.276 e. The summed E-state index contributed by atoms with van der Waals surface area (Å²) in [4.78, 5) is 16.9. The lowest BCUT2D eigenvalue weighted by Crippen LogP contribution is -2.16. The summed E-state index contributed by atoms with van der Waals surface area (Å²) >= 11 is 0. The molecule has 3 aromatic rings. The van der Waals surface area contributed by atoms with E-state index in [1.807, 2.05) is 35.9 Å². The van der Waals surface area contributed by atoms with E-state index in [0.29, 0.717) is 16.9 Å². The molecular weight excluding hydrogens is 328 g/mol. The Morgan fingerprint density at radius 1 is 1.23 bits per heavy atom. The molecule has 0 radical (unpaired) electrons. The van der Waals surface area contributed by atoms with Crippen molar-refractivity contribution in [3.63, 3.8) is 0 Å². The van der Waals surface area contributed by atoms with Gasteiger partial charge in [0.2, 0.25) is 0 Å². The standard InChI is InChI=1S/C20H20N4O2/c1-13-5-7-15(8-6-13)24-18-4-2-3-16(18)19(23-24)20(26)22-17-11-21-10-9-14(17)12-25/h5-11,25H,2-4,12H2,1H3,(H,22,26). The van der Waals surface area contributed by atoms with Gasteiger partial charge in [0, 0.05) is 23.0 Å². The zero-order valence-electron chi connectivity index (χ0n) is 14.6. The van der Waals surface area contributed by atoms with E-state index in [9.17, 15) is 9.90 Å². The number of anilines is 1. The molecule has 2 aromatic heterocycles. The van der Waals surface area contributed by atoms with Crippen molar-refractivity contribution in [2.75, 3.05) is 5.32 Å². The molecule has 0 atom stereocenters. The Morgan fingerprint density at radius 3 is 2.81 bits per heavy atom. The Hall–Kier alpha value is -2.99. The van der Waals surface area contributed by atoms with Crippen LogP contribution in [0.5, 0.6) is 0 Å². The van der Waals surface area contributed by atoms with Gasteiger partial charge in [0.15, 0.2) is 5.69 Å². The van der Waals surface area contributed by atoms with Gasteiger partial charge >= 0.3 is 0 Å². The number of pyridine rings is 1. The lowest BCUT2D eigenvalue weighted by atomic mass is 10.1. The molecule has 0 saturated heterocycles. The number of aryl methyl sites for hydroxylation is 1. The number of aromatic nitrogens is 3. The number of aliphatic hydroxyl groups is 1. The average Bonchev–Trinajstić information content (AvgIpc) is 3.25. The van der Waals surface area contributed by atoms with Crippen LogP contribution in [0, 0.1) is 6.92 Å². The summed E-state index contributed by atoms with van der Waals surface area (Å²) in [5, 5.41) is 16.9. The third kappa shape index (κ3) is 2.88. The Balaban J connectivity index is 1.70. The summed E-state index contributed by atoms with van der Waals surface area (Å²) in [7, 11) is 0. The van der Waals surface area contributed by atoms with Crippen molar-refractivity contribution in [3.05, 3.63) is 70.8 Å². The van der Waals surface area contributed by atoms with Crippen LogP contribution < -0.4 is 5.32 Å². The number of hydrogen-bond acceptors (Lipinski definition) is 4. The van der Waals surface area contributed by atoms with E-state index >= 15 is 0 Å². The number of rotatable bonds is 4. The number of fused-ring (bicyclic) bond motifs is 1. The third-order valence-corrected chi connectivity index (χ3v) is 4.75. The van der Waals surface area contributed by atoms with Crippen molar-refractivity contribution < 1.29 is 9.90 Å². The highest BCUT2D eigenvalue weighted by Crippen LogP contribution is 2.28.